The van der Waals surface area contributed by atoms with E-state index in [2.05, 4.69) is 29.8 Å². The van der Waals surface area contributed by atoms with Gasteiger partial charge in [0.1, 0.15) is 5.71 Å². The van der Waals surface area contributed by atoms with E-state index in [1.54, 1.807) is 6.08 Å². The van der Waals surface area contributed by atoms with Crippen LogP contribution in [0.3, 0.4) is 0 Å². The summed E-state index contributed by atoms with van der Waals surface area (Å²) in [4.78, 5) is 11.8. The predicted octanol–water partition coefficient (Wildman–Crippen LogP) is 3.02. The van der Waals surface area contributed by atoms with Crippen molar-refractivity contribution in [2.75, 3.05) is 23.7 Å². The number of amides is 1. The maximum absolute atomic E-state index is 11.8. The second kappa shape index (κ2) is 9.73. The van der Waals surface area contributed by atoms with Gasteiger partial charge in [-0.2, -0.15) is 0 Å². The van der Waals surface area contributed by atoms with Gasteiger partial charge in [0.25, 0.3) is 5.91 Å². The van der Waals surface area contributed by atoms with Crippen LogP contribution in [0.4, 0.5) is 11.4 Å². The number of carbonyl (C=O) groups is 1. The molecule has 0 atom stereocenters. The summed E-state index contributed by atoms with van der Waals surface area (Å²) in [5, 5.41) is 17.0. The SMILES string of the molecule is CCC=CC(=N)C(=O)Nc1ccc(NCCNC(C)C)cc1. The molecule has 5 nitrogen and oxygen atoms in total. The predicted molar refractivity (Wildman–Crippen MR) is 93.9 cm³/mol. The maximum atomic E-state index is 11.8. The number of carbonyl (C=O) groups excluding carboxylic acids is 1. The van der Waals surface area contributed by atoms with Gasteiger partial charge in [-0.3, -0.25) is 10.2 Å². The minimum absolute atomic E-state index is 0.0381. The lowest BCUT2D eigenvalue weighted by Gasteiger charge is -2.10. The zero-order valence-electron chi connectivity index (χ0n) is 13.6. The Morgan fingerprint density at radius 2 is 1.82 bits per heavy atom. The fraction of sp³-hybridized carbons (Fsp3) is 0.412. The highest BCUT2D eigenvalue weighted by Crippen LogP contribution is 2.13. The third-order valence-electron chi connectivity index (χ3n) is 2.91. The number of rotatable bonds is 9. The molecule has 0 aliphatic carbocycles. The molecule has 1 aromatic carbocycles. The first-order valence-corrected chi connectivity index (χ1v) is 7.66. The van der Waals surface area contributed by atoms with Gasteiger partial charge in [0.15, 0.2) is 0 Å². The minimum Gasteiger partial charge on any atom is -0.384 e. The molecule has 0 bridgehead atoms. The number of anilines is 2. The van der Waals surface area contributed by atoms with E-state index < -0.39 is 5.91 Å². The van der Waals surface area contributed by atoms with Crippen molar-refractivity contribution in [1.29, 1.82) is 5.41 Å². The Hall–Kier alpha value is -2.14. The van der Waals surface area contributed by atoms with Crippen LogP contribution in [0.1, 0.15) is 27.2 Å². The van der Waals surface area contributed by atoms with Crippen LogP contribution in [-0.4, -0.2) is 30.8 Å². The van der Waals surface area contributed by atoms with Crippen LogP contribution < -0.4 is 16.0 Å². The molecule has 4 N–H and O–H groups in total. The number of allylic oxidation sites excluding steroid dienone is 1. The summed E-state index contributed by atoms with van der Waals surface area (Å²) in [6, 6.07) is 7.96. The number of hydrogen-bond donors (Lipinski definition) is 4. The summed E-state index contributed by atoms with van der Waals surface area (Å²) >= 11 is 0. The molecule has 0 saturated carbocycles. The van der Waals surface area contributed by atoms with Gasteiger partial charge in [0.05, 0.1) is 0 Å². The Morgan fingerprint density at radius 3 is 2.41 bits per heavy atom. The largest absolute Gasteiger partial charge is 0.384 e. The van der Waals surface area contributed by atoms with Crippen molar-refractivity contribution in [2.45, 2.75) is 33.2 Å². The van der Waals surface area contributed by atoms with Crippen molar-refractivity contribution in [1.82, 2.24) is 5.32 Å². The lowest BCUT2D eigenvalue weighted by molar-refractivity contribution is -0.110. The smallest absolute Gasteiger partial charge is 0.273 e. The van der Waals surface area contributed by atoms with Crippen molar-refractivity contribution in [2.24, 2.45) is 0 Å². The lowest BCUT2D eigenvalue weighted by atomic mass is 10.2. The summed E-state index contributed by atoms with van der Waals surface area (Å²) in [6.45, 7) is 7.94. The molecular formula is C17H26N4O. The molecule has 120 valence electrons. The van der Waals surface area contributed by atoms with Crippen LogP contribution in [0.25, 0.3) is 0 Å². The van der Waals surface area contributed by atoms with Gasteiger partial charge in [-0.25, -0.2) is 0 Å². The molecule has 0 heterocycles. The van der Waals surface area contributed by atoms with Crippen molar-refractivity contribution in [3.8, 4) is 0 Å². The van der Waals surface area contributed by atoms with E-state index in [1.165, 1.54) is 6.08 Å². The van der Waals surface area contributed by atoms with Crippen LogP contribution in [0.5, 0.6) is 0 Å². The third kappa shape index (κ3) is 7.04. The highest BCUT2D eigenvalue weighted by Gasteiger charge is 2.06. The molecule has 22 heavy (non-hydrogen) atoms. The minimum atomic E-state index is -0.397. The van der Waals surface area contributed by atoms with Gasteiger partial charge in [-0.1, -0.05) is 26.8 Å². The molecule has 0 aliphatic rings. The van der Waals surface area contributed by atoms with Gasteiger partial charge in [-0.15, -0.1) is 0 Å². The molecule has 0 spiro atoms. The van der Waals surface area contributed by atoms with Crippen LogP contribution >= 0.6 is 0 Å². The van der Waals surface area contributed by atoms with Gasteiger partial charge in [0, 0.05) is 30.5 Å². The van der Waals surface area contributed by atoms with E-state index in [0.717, 1.165) is 25.2 Å². The van der Waals surface area contributed by atoms with Crippen LogP contribution in [-0.2, 0) is 4.79 Å². The van der Waals surface area contributed by atoms with Crippen molar-refractivity contribution in [3.63, 3.8) is 0 Å². The molecule has 0 aromatic heterocycles. The Kier molecular flexibility index (Phi) is 7.92. The Balaban J connectivity index is 2.43. The van der Waals surface area contributed by atoms with E-state index in [1.807, 2.05) is 31.2 Å². The highest BCUT2D eigenvalue weighted by atomic mass is 16.1. The summed E-state index contributed by atoms with van der Waals surface area (Å²) in [6.07, 6.45) is 4.12. The van der Waals surface area contributed by atoms with Gasteiger partial charge in [0.2, 0.25) is 0 Å². The molecule has 0 fully saturated rings. The molecular weight excluding hydrogens is 276 g/mol. The standard InChI is InChI=1S/C17H26N4O/c1-4-5-6-16(18)17(22)21-15-9-7-14(8-10-15)20-12-11-19-13(2)3/h5-10,13,18-20H,4,11-12H2,1-3H3,(H,21,22). The quantitative estimate of drug-likeness (QED) is 0.418. The van der Waals surface area contributed by atoms with E-state index in [4.69, 9.17) is 5.41 Å². The first kappa shape index (κ1) is 17.9. The summed E-state index contributed by atoms with van der Waals surface area (Å²) in [5.74, 6) is -0.397. The van der Waals surface area contributed by atoms with Gasteiger partial charge < -0.3 is 16.0 Å². The number of nitrogens with one attached hydrogen (secondary N) is 4. The first-order chi connectivity index (χ1) is 10.5. The summed E-state index contributed by atoms with van der Waals surface area (Å²) in [7, 11) is 0. The Bertz CT molecular complexity index is 506. The normalized spacial score (nSPS) is 10.9. The molecule has 0 unspecified atom stereocenters. The van der Waals surface area contributed by atoms with E-state index >= 15 is 0 Å². The van der Waals surface area contributed by atoms with Crippen molar-refractivity contribution < 1.29 is 4.79 Å². The average molecular weight is 302 g/mol. The molecule has 0 radical (unpaired) electrons. The molecule has 0 saturated heterocycles. The molecule has 1 rings (SSSR count). The Labute approximate surface area is 132 Å². The van der Waals surface area contributed by atoms with Crippen LogP contribution in [0, 0.1) is 5.41 Å². The number of hydrogen-bond acceptors (Lipinski definition) is 4. The van der Waals surface area contributed by atoms with Gasteiger partial charge >= 0.3 is 0 Å². The molecule has 5 heteroatoms. The first-order valence-electron chi connectivity index (χ1n) is 7.66. The van der Waals surface area contributed by atoms with E-state index in [9.17, 15) is 4.79 Å². The van der Waals surface area contributed by atoms with Crippen LogP contribution in [0.15, 0.2) is 36.4 Å². The average Bonchev–Trinajstić information content (AvgIpc) is 2.50. The zero-order chi connectivity index (χ0) is 16.4. The highest BCUT2D eigenvalue weighted by molar-refractivity contribution is 6.45. The number of benzene rings is 1. The second-order valence-corrected chi connectivity index (χ2v) is 5.29. The van der Waals surface area contributed by atoms with Crippen LogP contribution in [0.2, 0.25) is 0 Å². The van der Waals surface area contributed by atoms with Crippen molar-refractivity contribution in [3.05, 3.63) is 36.4 Å². The lowest BCUT2D eigenvalue weighted by Crippen LogP contribution is -2.28. The summed E-state index contributed by atoms with van der Waals surface area (Å²) in [5.41, 5.74) is 1.65. The third-order valence-corrected chi connectivity index (χ3v) is 2.91. The zero-order valence-corrected chi connectivity index (χ0v) is 13.6. The maximum Gasteiger partial charge on any atom is 0.273 e. The van der Waals surface area contributed by atoms with E-state index in [0.29, 0.717) is 11.7 Å². The molecule has 1 aromatic rings. The van der Waals surface area contributed by atoms with Crippen molar-refractivity contribution >= 4 is 23.0 Å². The fourth-order valence-corrected chi connectivity index (χ4v) is 1.75. The fourth-order valence-electron chi connectivity index (χ4n) is 1.75. The topological polar surface area (TPSA) is 77.0 Å². The Morgan fingerprint density at radius 1 is 1.18 bits per heavy atom. The van der Waals surface area contributed by atoms with E-state index in [-0.39, 0.29) is 5.71 Å². The second-order valence-electron chi connectivity index (χ2n) is 5.29. The molecule has 1 amide bonds. The van der Waals surface area contributed by atoms with Gasteiger partial charge in [-0.05, 0) is 36.8 Å². The molecule has 0 aliphatic heterocycles. The summed E-state index contributed by atoms with van der Waals surface area (Å²) < 4.78 is 0. The monoisotopic (exact) mass is 302 g/mol.